The van der Waals surface area contributed by atoms with Crippen LogP contribution in [0.25, 0.3) is 0 Å². The van der Waals surface area contributed by atoms with Crippen molar-refractivity contribution < 1.29 is 0 Å². The quantitative estimate of drug-likeness (QED) is 0.550. The molecule has 4 fully saturated rings. The van der Waals surface area contributed by atoms with E-state index in [9.17, 15) is 0 Å². The Kier molecular flexibility index (Phi) is 5.30. The van der Waals surface area contributed by atoms with Gasteiger partial charge in [-0.3, -0.25) is 0 Å². The highest BCUT2D eigenvalue weighted by molar-refractivity contribution is 5.02. The van der Waals surface area contributed by atoms with E-state index in [2.05, 4.69) is 19.2 Å². The summed E-state index contributed by atoms with van der Waals surface area (Å²) in [5, 5.41) is 3.90. The van der Waals surface area contributed by atoms with Gasteiger partial charge in [-0.2, -0.15) is 0 Å². The third-order valence-electron chi connectivity index (χ3n) is 6.68. The van der Waals surface area contributed by atoms with Crippen molar-refractivity contribution in [2.75, 3.05) is 6.54 Å². The zero-order valence-electron chi connectivity index (χ0n) is 14.5. The third-order valence-corrected chi connectivity index (χ3v) is 6.68. The van der Waals surface area contributed by atoms with Gasteiger partial charge in [-0.1, -0.05) is 33.1 Å². The summed E-state index contributed by atoms with van der Waals surface area (Å²) >= 11 is 0. The van der Waals surface area contributed by atoms with Crippen LogP contribution in [0.3, 0.4) is 0 Å². The molecule has 4 bridgehead atoms. The summed E-state index contributed by atoms with van der Waals surface area (Å²) in [6.45, 7) is 5.86. The fourth-order valence-corrected chi connectivity index (χ4v) is 6.33. The molecule has 0 spiro atoms. The topological polar surface area (TPSA) is 12.0 Å². The zero-order chi connectivity index (χ0) is 14.7. The number of unbranched alkanes of at least 4 members (excludes halogenated alkanes) is 2. The molecule has 0 saturated heterocycles. The summed E-state index contributed by atoms with van der Waals surface area (Å²) in [4.78, 5) is 0. The van der Waals surface area contributed by atoms with E-state index in [4.69, 9.17) is 0 Å². The molecule has 0 aromatic rings. The smallest absolute Gasteiger partial charge is 0.00723 e. The molecule has 0 amide bonds. The van der Waals surface area contributed by atoms with Crippen molar-refractivity contribution in [2.24, 2.45) is 23.2 Å². The normalized spacial score (nSPS) is 38.9. The van der Waals surface area contributed by atoms with E-state index in [1.54, 1.807) is 38.5 Å². The van der Waals surface area contributed by atoms with Gasteiger partial charge in [0.1, 0.15) is 0 Å². The maximum absolute atomic E-state index is 3.90. The molecule has 122 valence electrons. The van der Waals surface area contributed by atoms with Gasteiger partial charge in [0.2, 0.25) is 0 Å². The molecule has 4 rings (SSSR count). The summed E-state index contributed by atoms with van der Waals surface area (Å²) < 4.78 is 0. The van der Waals surface area contributed by atoms with Crippen molar-refractivity contribution in [3.8, 4) is 0 Å². The van der Waals surface area contributed by atoms with Crippen LogP contribution >= 0.6 is 0 Å². The molecule has 0 aliphatic heterocycles. The summed E-state index contributed by atoms with van der Waals surface area (Å²) in [6, 6.07) is 0.813. The van der Waals surface area contributed by atoms with Crippen LogP contribution in [0.2, 0.25) is 0 Å². The van der Waals surface area contributed by atoms with Crippen LogP contribution in [-0.2, 0) is 0 Å². The highest BCUT2D eigenvalue weighted by atomic mass is 14.9. The van der Waals surface area contributed by atoms with Gasteiger partial charge in [-0.05, 0) is 87.5 Å². The Morgan fingerprint density at radius 1 is 0.905 bits per heavy atom. The second-order valence-electron chi connectivity index (χ2n) is 8.77. The molecule has 1 nitrogen and oxygen atoms in total. The van der Waals surface area contributed by atoms with Crippen LogP contribution in [0, 0.1) is 23.2 Å². The molecular weight excluding hydrogens is 254 g/mol. The molecule has 0 aromatic carbocycles. The van der Waals surface area contributed by atoms with Crippen LogP contribution in [0.5, 0.6) is 0 Å². The minimum absolute atomic E-state index is 0.756. The van der Waals surface area contributed by atoms with Gasteiger partial charge < -0.3 is 5.32 Å². The Labute approximate surface area is 132 Å². The fraction of sp³-hybridized carbons (Fsp3) is 1.00. The van der Waals surface area contributed by atoms with Gasteiger partial charge in [0.25, 0.3) is 0 Å². The number of hydrogen-bond acceptors (Lipinski definition) is 1. The first kappa shape index (κ1) is 15.8. The second-order valence-corrected chi connectivity index (χ2v) is 8.77. The first-order valence-corrected chi connectivity index (χ1v) is 9.96. The molecule has 1 N–H and O–H groups in total. The highest BCUT2D eigenvalue weighted by Gasteiger charge is 2.51. The number of nitrogens with one attached hydrogen (secondary N) is 1. The molecular formula is C20H37N. The lowest BCUT2D eigenvalue weighted by atomic mass is 9.48. The van der Waals surface area contributed by atoms with Gasteiger partial charge in [-0.25, -0.2) is 0 Å². The molecule has 0 aromatic heterocycles. The predicted molar refractivity (Wildman–Crippen MR) is 91.4 cm³/mol. The molecule has 1 atom stereocenters. The lowest BCUT2D eigenvalue weighted by molar-refractivity contribution is -0.0624. The fourth-order valence-electron chi connectivity index (χ4n) is 6.33. The monoisotopic (exact) mass is 291 g/mol. The van der Waals surface area contributed by atoms with E-state index in [1.165, 1.54) is 45.1 Å². The Hall–Kier alpha value is -0.0400. The minimum Gasteiger partial charge on any atom is -0.314 e. The maximum Gasteiger partial charge on any atom is 0.00723 e. The molecule has 21 heavy (non-hydrogen) atoms. The van der Waals surface area contributed by atoms with Crippen LogP contribution in [-0.4, -0.2) is 12.6 Å². The van der Waals surface area contributed by atoms with E-state index in [0.29, 0.717) is 0 Å². The van der Waals surface area contributed by atoms with Crippen LogP contribution < -0.4 is 5.32 Å². The molecule has 0 heterocycles. The molecule has 1 unspecified atom stereocenters. The average molecular weight is 292 g/mol. The van der Waals surface area contributed by atoms with Crippen molar-refractivity contribution in [2.45, 2.75) is 96.9 Å². The van der Waals surface area contributed by atoms with Crippen molar-refractivity contribution in [1.29, 1.82) is 0 Å². The standard InChI is InChI=1S/C20H37N/c1-3-5-6-7-19(21-8-4-2)15-20-12-16-9-17(13-20)11-18(10-16)14-20/h16-19,21H,3-15H2,1-2H3. The van der Waals surface area contributed by atoms with Gasteiger partial charge in [-0.15, -0.1) is 0 Å². The third kappa shape index (κ3) is 3.84. The Morgan fingerprint density at radius 3 is 2.05 bits per heavy atom. The summed E-state index contributed by atoms with van der Waals surface area (Å²) in [5.41, 5.74) is 0.756. The van der Waals surface area contributed by atoms with Gasteiger partial charge in [0, 0.05) is 6.04 Å². The minimum atomic E-state index is 0.756. The average Bonchev–Trinajstić information content (AvgIpc) is 2.43. The highest BCUT2D eigenvalue weighted by Crippen LogP contribution is 2.61. The van der Waals surface area contributed by atoms with Gasteiger partial charge in [0.15, 0.2) is 0 Å². The largest absolute Gasteiger partial charge is 0.314 e. The summed E-state index contributed by atoms with van der Waals surface area (Å²) in [6.07, 6.45) is 17.9. The van der Waals surface area contributed by atoms with E-state index in [1.807, 2.05) is 0 Å². The van der Waals surface area contributed by atoms with Crippen molar-refractivity contribution in [3.63, 3.8) is 0 Å². The second kappa shape index (κ2) is 7.02. The summed E-state index contributed by atoms with van der Waals surface area (Å²) in [5.74, 6) is 3.33. The Morgan fingerprint density at radius 2 is 1.52 bits per heavy atom. The molecule has 4 saturated carbocycles. The lowest BCUT2D eigenvalue weighted by Gasteiger charge is -2.57. The molecule has 1 heteroatoms. The van der Waals surface area contributed by atoms with Crippen LogP contribution in [0.4, 0.5) is 0 Å². The first-order chi connectivity index (χ1) is 10.2. The van der Waals surface area contributed by atoms with Crippen LogP contribution in [0.15, 0.2) is 0 Å². The molecule has 4 aliphatic carbocycles. The van der Waals surface area contributed by atoms with Crippen molar-refractivity contribution >= 4 is 0 Å². The number of rotatable bonds is 9. The maximum atomic E-state index is 3.90. The first-order valence-electron chi connectivity index (χ1n) is 9.96. The van der Waals surface area contributed by atoms with Gasteiger partial charge in [0.05, 0.1) is 0 Å². The Balaban J connectivity index is 1.58. The van der Waals surface area contributed by atoms with E-state index in [-0.39, 0.29) is 0 Å². The predicted octanol–water partition coefficient (Wildman–Crippen LogP) is 5.54. The van der Waals surface area contributed by atoms with Crippen LogP contribution in [0.1, 0.15) is 90.9 Å². The van der Waals surface area contributed by atoms with Crippen molar-refractivity contribution in [1.82, 2.24) is 5.32 Å². The zero-order valence-corrected chi connectivity index (χ0v) is 14.5. The summed E-state index contributed by atoms with van der Waals surface area (Å²) in [7, 11) is 0. The lowest BCUT2D eigenvalue weighted by Crippen LogP contribution is -2.49. The molecule has 4 aliphatic rings. The van der Waals surface area contributed by atoms with Crippen molar-refractivity contribution in [3.05, 3.63) is 0 Å². The Bertz CT molecular complexity index is 287. The SMILES string of the molecule is CCCCCC(CC12CC3CC(CC(C3)C1)C2)NCCC. The van der Waals surface area contributed by atoms with E-state index >= 15 is 0 Å². The number of hydrogen-bond donors (Lipinski definition) is 1. The molecule has 0 radical (unpaired) electrons. The van der Waals surface area contributed by atoms with E-state index < -0.39 is 0 Å². The van der Waals surface area contributed by atoms with Gasteiger partial charge >= 0.3 is 0 Å². The van der Waals surface area contributed by atoms with E-state index in [0.717, 1.165) is 29.2 Å².